The molecule has 0 saturated heterocycles. The first kappa shape index (κ1) is 12.4. The molecule has 0 saturated carbocycles. The van der Waals surface area contributed by atoms with Crippen molar-refractivity contribution in [2.75, 3.05) is 17.2 Å². The summed E-state index contributed by atoms with van der Waals surface area (Å²) in [4.78, 5) is 10.6. The standard InChI is InChI=1S/C14H15BrN4/c1-9-4-5-12-10(7-9)3-2-6-19(12)13-11(15)8-17-14(16)18-13/h4-5,7-8H,2-3,6H2,1H3,(H2,16,17,18). The zero-order valence-electron chi connectivity index (χ0n) is 10.7. The van der Waals surface area contributed by atoms with E-state index in [-0.39, 0.29) is 0 Å². The fourth-order valence-corrected chi connectivity index (χ4v) is 2.91. The van der Waals surface area contributed by atoms with Gasteiger partial charge in [-0.15, -0.1) is 0 Å². The molecule has 0 bridgehead atoms. The van der Waals surface area contributed by atoms with E-state index >= 15 is 0 Å². The number of hydrogen-bond acceptors (Lipinski definition) is 4. The predicted octanol–water partition coefficient (Wildman–Crippen LogP) is 3.21. The van der Waals surface area contributed by atoms with Gasteiger partial charge in [-0.25, -0.2) is 4.98 Å². The first-order chi connectivity index (χ1) is 9.15. The molecule has 1 aliphatic rings. The molecule has 1 aromatic heterocycles. The number of fused-ring (bicyclic) bond motifs is 1. The minimum absolute atomic E-state index is 0.303. The van der Waals surface area contributed by atoms with Crippen molar-refractivity contribution >= 4 is 33.4 Å². The Hall–Kier alpha value is -1.62. The SMILES string of the molecule is Cc1ccc2c(c1)CCCN2c1nc(N)ncc1Br. The second kappa shape index (κ2) is 4.81. The van der Waals surface area contributed by atoms with Crippen molar-refractivity contribution < 1.29 is 0 Å². The molecule has 2 aromatic rings. The Balaban J connectivity index is 2.11. The lowest BCUT2D eigenvalue weighted by molar-refractivity contribution is 0.757. The van der Waals surface area contributed by atoms with Gasteiger partial charge in [0.2, 0.25) is 5.95 Å². The van der Waals surface area contributed by atoms with Crippen molar-refractivity contribution in [1.29, 1.82) is 0 Å². The smallest absolute Gasteiger partial charge is 0.222 e. The van der Waals surface area contributed by atoms with E-state index in [9.17, 15) is 0 Å². The van der Waals surface area contributed by atoms with Crippen molar-refractivity contribution in [3.05, 3.63) is 40.0 Å². The monoisotopic (exact) mass is 318 g/mol. The summed E-state index contributed by atoms with van der Waals surface area (Å²) in [6.45, 7) is 3.07. The molecule has 0 fully saturated rings. The Morgan fingerprint density at radius 1 is 1.37 bits per heavy atom. The number of aromatic nitrogens is 2. The highest BCUT2D eigenvalue weighted by atomic mass is 79.9. The number of nitrogen functional groups attached to an aromatic ring is 1. The molecule has 0 atom stereocenters. The van der Waals surface area contributed by atoms with Crippen molar-refractivity contribution in [2.45, 2.75) is 19.8 Å². The van der Waals surface area contributed by atoms with E-state index in [1.165, 1.54) is 16.8 Å². The van der Waals surface area contributed by atoms with Crippen LogP contribution in [0.5, 0.6) is 0 Å². The zero-order chi connectivity index (χ0) is 13.4. The van der Waals surface area contributed by atoms with Crippen molar-refractivity contribution in [3.63, 3.8) is 0 Å². The van der Waals surface area contributed by atoms with Gasteiger partial charge >= 0.3 is 0 Å². The summed E-state index contributed by atoms with van der Waals surface area (Å²) in [5.41, 5.74) is 9.59. The number of halogens is 1. The summed E-state index contributed by atoms with van der Waals surface area (Å²) in [7, 11) is 0. The van der Waals surface area contributed by atoms with Crippen molar-refractivity contribution in [2.24, 2.45) is 0 Å². The fraction of sp³-hybridized carbons (Fsp3) is 0.286. The van der Waals surface area contributed by atoms with E-state index in [1.54, 1.807) is 6.20 Å². The second-order valence-corrected chi connectivity index (χ2v) is 5.64. The van der Waals surface area contributed by atoms with Crippen LogP contribution in [0.25, 0.3) is 0 Å². The molecule has 5 heteroatoms. The van der Waals surface area contributed by atoms with Crippen LogP contribution in [0.15, 0.2) is 28.9 Å². The summed E-state index contributed by atoms with van der Waals surface area (Å²) in [5, 5.41) is 0. The van der Waals surface area contributed by atoms with E-state index in [4.69, 9.17) is 5.73 Å². The highest BCUT2D eigenvalue weighted by Crippen LogP contribution is 2.36. The minimum Gasteiger partial charge on any atom is -0.368 e. The third kappa shape index (κ3) is 2.30. The van der Waals surface area contributed by atoms with Crippen LogP contribution in [0.3, 0.4) is 0 Å². The van der Waals surface area contributed by atoms with Crippen LogP contribution in [-0.2, 0) is 6.42 Å². The Kier molecular flexibility index (Phi) is 3.14. The van der Waals surface area contributed by atoms with Gasteiger partial charge in [0, 0.05) is 18.4 Å². The maximum Gasteiger partial charge on any atom is 0.222 e. The van der Waals surface area contributed by atoms with E-state index in [0.717, 1.165) is 29.7 Å². The first-order valence-corrected chi connectivity index (χ1v) is 7.09. The number of rotatable bonds is 1. The van der Waals surface area contributed by atoms with E-state index in [0.29, 0.717) is 5.95 Å². The van der Waals surface area contributed by atoms with Crippen LogP contribution in [0.1, 0.15) is 17.5 Å². The molecule has 0 amide bonds. The van der Waals surface area contributed by atoms with Crippen molar-refractivity contribution in [1.82, 2.24) is 9.97 Å². The third-order valence-corrected chi connectivity index (χ3v) is 3.91. The molecule has 0 spiro atoms. The van der Waals surface area contributed by atoms with Crippen LogP contribution in [-0.4, -0.2) is 16.5 Å². The molecule has 3 rings (SSSR count). The molecular weight excluding hydrogens is 304 g/mol. The third-order valence-electron chi connectivity index (χ3n) is 3.35. The lowest BCUT2D eigenvalue weighted by Crippen LogP contribution is -2.26. The van der Waals surface area contributed by atoms with Gasteiger partial charge in [-0.3, -0.25) is 0 Å². The van der Waals surface area contributed by atoms with Crippen LogP contribution >= 0.6 is 15.9 Å². The number of aryl methyl sites for hydroxylation is 2. The Bertz CT molecular complexity index is 627. The highest BCUT2D eigenvalue weighted by Gasteiger charge is 2.21. The molecule has 2 heterocycles. The van der Waals surface area contributed by atoms with Gasteiger partial charge in [-0.2, -0.15) is 4.98 Å². The molecular formula is C14H15BrN4. The van der Waals surface area contributed by atoms with Gasteiger partial charge in [0.25, 0.3) is 0 Å². The van der Waals surface area contributed by atoms with Gasteiger partial charge in [0.15, 0.2) is 5.82 Å². The molecule has 0 radical (unpaired) electrons. The molecule has 19 heavy (non-hydrogen) atoms. The Morgan fingerprint density at radius 2 is 2.21 bits per heavy atom. The normalized spacial score (nSPS) is 14.3. The number of benzene rings is 1. The lowest BCUT2D eigenvalue weighted by atomic mass is 9.99. The van der Waals surface area contributed by atoms with Crippen molar-refractivity contribution in [3.8, 4) is 0 Å². The van der Waals surface area contributed by atoms with Crippen LogP contribution < -0.4 is 10.6 Å². The molecule has 2 N–H and O–H groups in total. The second-order valence-electron chi connectivity index (χ2n) is 4.79. The van der Waals surface area contributed by atoms with Crippen LogP contribution in [0.2, 0.25) is 0 Å². The zero-order valence-corrected chi connectivity index (χ0v) is 12.3. The Morgan fingerprint density at radius 3 is 3.05 bits per heavy atom. The van der Waals surface area contributed by atoms with Gasteiger partial charge in [-0.1, -0.05) is 17.7 Å². The minimum atomic E-state index is 0.303. The number of nitrogens with two attached hydrogens (primary N) is 1. The molecule has 0 unspecified atom stereocenters. The molecule has 1 aliphatic heterocycles. The van der Waals surface area contributed by atoms with E-state index < -0.39 is 0 Å². The summed E-state index contributed by atoms with van der Waals surface area (Å²) in [6.07, 6.45) is 3.94. The highest BCUT2D eigenvalue weighted by molar-refractivity contribution is 9.10. The number of hydrogen-bond donors (Lipinski definition) is 1. The molecule has 98 valence electrons. The van der Waals surface area contributed by atoms with Gasteiger partial charge in [0.05, 0.1) is 4.47 Å². The predicted molar refractivity (Wildman–Crippen MR) is 80.7 cm³/mol. The average Bonchev–Trinajstić information content (AvgIpc) is 2.40. The van der Waals surface area contributed by atoms with Crippen LogP contribution in [0.4, 0.5) is 17.5 Å². The maximum absolute atomic E-state index is 5.71. The lowest BCUT2D eigenvalue weighted by Gasteiger charge is -2.31. The summed E-state index contributed by atoms with van der Waals surface area (Å²) in [5.74, 6) is 1.15. The molecule has 4 nitrogen and oxygen atoms in total. The van der Waals surface area contributed by atoms with E-state index in [1.807, 2.05) is 0 Å². The molecule has 0 aliphatic carbocycles. The van der Waals surface area contributed by atoms with Gasteiger partial charge in [-0.05, 0) is 47.3 Å². The molecule has 1 aromatic carbocycles. The average molecular weight is 319 g/mol. The van der Waals surface area contributed by atoms with Crippen LogP contribution in [0, 0.1) is 6.92 Å². The summed E-state index contributed by atoms with van der Waals surface area (Å²) in [6, 6.07) is 6.55. The fourth-order valence-electron chi connectivity index (χ4n) is 2.51. The summed E-state index contributed by atoms with van der Waals surface area (Å²) >= 11 is 3.51. The topological polar surface area (TPSA) is 55.0 Å². The Labute approximate surface area is 120 Å². The number of anilines is 3. The largest absolute Gasteiger partial charge is 0.368 e. The van der Waals surface area contributed by atoms with Gasteiger partial charge < -0.3 is 10.6 Å². The van der Waals surface area contributed by atoms with Gasteiger partial charge in [0.1, 0.15) is 0 Å². The first-order valence-electron chi connectivity index (χ1n) is 6.30. The quantitative estimate of drug-likeness (QED) is 0.877. The maximum atomic E-state index is 5.71. The number of nitrogens with zero attached hydrogens (tertiary/aromatic N) is 3. The van der Waals surface area contributed by atoms with E-state index in [2.05, 4.69) is 55.9 Å². The summed E-state index contributed by atoms with van der Waals surface area (Å²) < 4.78 is 0.870.